The first-order chi connectivity index (χ1) is 20.8. The summed E-state index contributed by atoms with van der Waals surface area (Å²) in [5, 5.41) is 5.05. The first-order valence-electron chi connectivity index (χ1n) is 15.0. The van der Waals surface area contributed by atoms with Crippen molar-refractivity contribution in [1.82, 2.24) is 20.5 Å². The largest absolute Gasteiger partial charge is 0.368 e. The predicted molar refractivity (Wildman–Crippen MR) is 166 cm³/mol. The number of hydrogen-bond acceptors (Lipinski definition) is 7. The molecule has 1 aromatic carbocycles. The van der Waals surface area contributed by atoms with E-state index in [0.29, 0.717) is 12.8 Å². The molecule has 0 radical (unpaired) electrons. The van der Waals surface area contributed by atoms with Crippen molar-refractivity contribution in [3.8, 4) is 0 Å². The minimum Gasteiger partial charge on any atom is -0.368 e. The van der Waals surface area contributed by atoms with Crippen LogP contribution in [0.4, 0.5) is 0 Å². The molecule has 1 heterocycles. The number of nitrogens with zero attached hydrogens (tertiary/aromatic N) is 2. The third kappa shape index (κ3) is 11.3. The summed E-state index contributed by atoms with van der Waals surface area (Å²) in [7, 11) is 1.40. The molecule has 11 heteroatoms. The van der Waals surface area contributed by atoms with Crippen molar-refractivity contribution in [2.45, 2.75) is 71.9 Å². The van der Waals surface area contributed by atoms with Gasteiger partial charge in [0, 0.05) is 44.6 Å². The second kappa shape index (κ2) is 17.6. The van der Waals surface area contributed by atoms with E-state index in [4.69, 9.17) is 5.73 Å². The Bertz CT molecular complexity index is 1280. The highest BCUT2D eigenvalue weighted by molar-refractivity contribution is 6.38. The van der Waals surface area contributed by atoms with Crippen molar-refractivity contribution in [2.24, 2.45) is 23.5 Å². The first-order valence-corrected chi connectivity index (χ1v) is 15.0. The Morgan fingerprint density at radius 1 is 0.955 bits per heavy atom. The van der Waals surface area contributed by atoms with E-state index >= 15 is 0 Å². The van der Waals surface area contributed by atoms with Crippen LogP contribution in [-0.2, 0) is 41.6 Å². The average molecular weight is 608 g/mol. The first kappa shape index (κ1) is 35.8. The maximum atomic E-state index is 13.4. The van der Waals surface area contributed by atoms with Gasteiger partial charge >= 0.3 is 0 Å². The van der Waals surface area contributed by atoms with Gasteiger partial charge < -0.3 is 21.3 Å². The molecule has 4 atom stereocenters. The van der Waals surface area contributed by atoms with Gasteiger partial charge in [0.25, 0.3) is 5.91 Å². The number of nitrogens with two attached hydrogens (primary N) is 1. The standard InChI is InChI=1S/C33H45N5O6/c1-6-22(4)29(37-32(43)25(15-21(2)3)18-26(39)16-24-13-10-14-35-19-24)30(41)33(44)36-20-28(40)38(5)27(31(34)42)17-23-11-8-7-9-12-23/h7-14,19,21-22,25,27,29H,6,15-18,20H2,1-5H3,(H2,34,42)(H,36,44)(H,37,43)/t22-,25+,27-,29?/m0/s1. The molecular weight excluding hydrogens is 562 g/mol. The molecule has 0 saturated carbocycles. The van der Waals surface area contributed by atoms with Crippen LogP contribution in [-0.4, -0.2) is 70.8 Å². The zero-order valence-electron chi connectivity index (χ0n) is 26.2. The number of nitrogens with one attached hydrogen (secondary N) is 2. The molecule has 0 fully saturated rings. The summed E-state index contributed by atoms with van der Waals surface area (Å²) in [6.07, 6.45) is 4.43. The highest BCUT2D eigenvalue weighted by Crippen LogP contribution is 2.19. The summed E-state index contributed by atoms with van der Waals surface area (Å²) in [5.41, 5.74) is 7.09. The van der Waals surface area contributed by atoms with Crippen molar-refractivity contribution < 1.29 is 28.8 Å². The highest BCUT2D eigenvalue weighted by Gasteiger charge is 2.34. The van der Waals surface area contributed by atoms with Crippen LogP contribution < -0.4 is 16.4 Å². The van der Waals surface area contributed by atoms with Crippen molar-refractivity contribution in [3.05, 3.63) is 66.0 Å². The fourth-order valence-electron chi connectivity index (χ4n) is 4.85. The molecule has 0 spiro atoms. The van der Waals surface area contributed by atoms with Gasteiger partial charge in [0.05, 0.1) is 12.6 Å². The molecule has 1 unspecified atom stereocenters. The monoisotopic (exact) mass is 607 g/mol. The average Bonchev–Trinajstić information content (AvgIpc) is 3.00. The Balaban J connectivity index is 2.07. The van der Waals surface area contributed by atoms with Crippen molar-refractivity contribution in [1.29, 1.82) is 0 Å². The number of carbonyl (C=O) groups excluding carboxylic acids is 6. The summed E-state index contributed by atoms with van der Waals surface area (Å²) in [4.78, 5) is 82.5. The van der Waals surface area contributed by atoms with Gasteiger partial charge in [-0.1, -0.05) is 70.5 Å². The lowest BCUT2D eigenvalue weighted by Crippen LogP contribution is -2.54. The summed E-state index contributed by atoms with van der Waals surface area (Å²) >= 11 is 0. The summed E-state index contributed by atoms with van der Waals surface area (Å²) in [5.74, 6) is -4.85. The highest BCUT2D eigenvalue weighted by atomic mass is 16.2. The van der Waals surface area contributed by atoms with E-state index < -0.39 is 59.9 Å². The number of primary amides is 1. The van der Waals surface area contributed by atoms with E-state index in [1.54, 1.807) is 55.7 Å². The molecule has 4 N–H and O–H groups in total. The Labute approximate surface area is 259 Å². The molecule has 0 bridgehead atoms. The van der Waals surface area contributed by atoms with Gasteiger partial charge in [0.1, 0.15) is 11.8 Å². The Morgan fingerprint density at radius 2 is 1.61 bits per heavy atom. The molecule has 44 heavy (non-hydrogen) atoms. The van der Waals surface area contributed by atoms with Crippen molar-refractivity contribution >= 4 is 35.2 Å². The summed E-state index contributed by atoms with van der Waals surface area (Å²) < 4.78 is 0. The van der Waals surface area contributed by atoms with Crippen LogP contribution in [0.15, 0.2) is 54.9 Å². The second-order valence-electron chi connectivity index (χ2n) is 11.6. The SMILES string of the molecule is CC[C@H](C)C(NC(=O)[C@@H](CC(=O)Cc1cccnc1)CC(C)C)C(=O)C(=O)NCC(=O)N(C)[C@@H](Cc1ccccc1)C(N)=O. The Hall–Kier alpha value is -4.41. The number of carbonyl (C=O) groups is 6. The Kier molecular flexibility index (Phi) is 14.4. The second-order valence-corrected chi connectivity index (χ2v) is 11.6. The normalized spacial score (nSPS) is 13.7. The van der Waals surface area contributed by atoms with E-state index in [1.165, 1.54) is 7.05 Å². The molecule has 0 aliphatic rings. The number of pyridine rings is 1. The molecule has 0 saturated heterocycles. The molecule has 4 amide bonds. The number of likely N-dealkylation sites (N-methyl/N-ethyl adjacent to an activating group) is 1. The number of benzene rings is 1. The van der Waals surface area contributed by atoms with E-state index in [0.717, 1.165) is 16.0 Å². The van der Waals surface area contributed by atoms with E-state index in [9.17, 15) is 28.8 Å². The van der Waals surface area contributed by atoms with Crippen LogP contribution >= 0.6 is 0 Å². The van der Waals surface area contributed by atoms with Gasteiger partial charge in [-0.15, -0.1) is 0 Å². The fraction of sp³-hybridized carbons (Fsp3) is 0.485. The van der Waals surface area contributed by atoms with E-state index in [2.05, 4.69) is 15.6 Å². The number of amides is 4. The molecule has 2 aromatic rings. The molecule has 0 aliphatic heterocycles. The van der Waals surface area contributed by atoms with Gasteiger partial charge in [0.2, 0.25) is 23.5 Å². The van der Waals surface area contributed by atoms with Gasteiger partial charge in [0.15, 0.2) is 0 Å². The lowest BCUT2D eigenvalue weighted by molar-refractivity contribution is -0.143. The van der Waals surface area contributed by atoms with Crippen LogP contribution in [0.25, 0.3) is 0 Å². The minimum absolute atomic E-state index is 0.0165. The zero-order chi connectivity index (χ0) is 32.8. The summed E-state index contributed by atoms with van der Waals surface area (Å²) in [6, 6.07) is 10.5. The van der Waals surface area contributed by atoms with Crippen LogP contribution in [0, 0.1) is 17.8 Å². The topological polar surface area (TPSA) is 169 Å². The van der Waals surface area contributed by atoms with Crippen LogP contribution in [0.1, 0.15) is 58.1 Å². The number of aromatic nitrogens is 1. The number of ketones is 2. The van der Waals surface area contributed by atoms with Gasteiger partial charge in [-0.05, 0) is 35.4 Å². The van der Waals surface area contributed by atoms with Gasteiger partial charge in [-0.2, -0.15) is 0 Å². The van der Waals surface area contributed by atoms with Crippen molar-refractivity contribution in [3.63, 3.8) is 0 Å². The number of Topliss-reactive ketones (excluding diaryl/α,β-unsaturated/α-hetero) is 2. The lowest BCUT2D eigenvalue weighted by atomic mass is 9.88. The number of hydrogen-bond donors (Lipinski definition) is 3. The maximum absolute atomic E-state index is 13.4. The minimum atomic E-state index is -1.15. The third-order valence-electron chi connectivity index (χ3n) is 7.60. The molecule has 11 nitrogen and oxygen atoms in total. The van der Waals surface area contributed by atoms with Gasteiger partial charge in [-0.3, -0.25) is 33.8 Å². The summed E-state index contributed by atoms with van der Waals surface area (Å²) in [6.45, 7) is 6.90. The fourth-order valence-corrected chi connectivity index (χ4v) is 4.85. The molecule has 238 valence electrons. The van der Waals surface area contributed by atoms with Crippen LogP contribution in [0.2, 0.25) is 0 Å². The lowest BCUT2D eigenvalue weighted by Gasteiger charge is -2.27. The van der Waals surface area contributed by atoms with Crippen LogP contribution in [0.5, 0.6) is 0 Å². The Morgan fingerprint density at radius 3 is 2.18 bits per heavy atom. The molecule has 0 aliphatic carbocycles. The van der Waals surface area contributed by atoms with E-state index in [1.807, 2.05) is 26.8 Å². The van der Waals surface area contributed by atoms with Crippen LogP contribution in [0.3, 0.4) is 0 Å². The quantitative estimate of drug-likeness (QED) is 0.218. The van der Waals surface area contributed by atoms with Crippen molar-refractivity contribution in [2.75, 3.05) is 13.6 Å². The molecular formula is C33H45N5O6. The maximum Gasteiger partial charge on any atom is 0.290 e. The molecule has 2 rings (SSSR count). The number of rotatable bonds is 18. The van der Waals surface area contributed by atoms with Gasteiger partial charge in [-0.25, -0.2) is 0 Å². The molecule has 1 aromatic heterocycles. The van der Waals surface area contributed by atoms with E-state index in [-0.39, 0.29) is 31.0 Å². The predicted octanol–water partition coefficient (Wildman–Crippen LogP) is 2.02. The smallest absolute Gasteiger partial charge is 0.290 e. The third-order valence-corrected chi connectivity index (χ3v) is 7.60. The zero-order valence-corrected chi connectivity index (χ0v) is 26.2.